The summed E-state index contributed by atoms with van der Waals surface area (Å²) in [5.74, 6) is 1.46. The Morgan fingerprint density at radius 1 is 1.29 bits per heavy atom. The van der Waals surface area contributed by atoms with Crippen LogP contribution in [-0.4, -0.2) is 20.8 Å². The van der Waals surface area contributed by atoms with Crippen LogP contribution in [0.4, 0.5) is 0 Å². The molecule has 1 atom stereocenters. The van der Waals surface area contributed by atoms with Gasteiger partial charge in [0.25, 0.3) is 0 Å². The zero-order chi connectivity index (χ0) is 12.5. The Kier molecular flexibility index (Phi) is 3.50. The third-order valence-corrected chi connectivity index (χ3v) is 3.63. The van der Waals surface area contributed by atoms with Crippen molar-refractivity contribution in [3.8, 4) is 11.5 Å². The highest BCUT2D eigenvalue weighted by atomic mass is 35.5. The van der Waals surface area contributed by atoms with Crippen molar-refractivity contribution in [2.45, 2.75) is 25.3 Å². The second-order valence-corrected chi connectivity index (χ2v) is 4.99. The van der Waals surface area contributed by atoms with E-state index in [1.165, 1.54) is 0 Å². The van der Waals surface area contributed by atoms with Crippen LogP contribution in [0, 0.1) is 0 Å². The molecule has 0 radical (unpaired) electrons. The first-order valence-electron chi connectivity index (χ1n) is 5.78. The molecule has 1 heterocycles. The Balaban J connectivity index is 2.55. The van der Waals surface area contributed by atoms with Crippen molar-refractivity contribution in [1.29, 1.82) is 0 Å². The van der Waals surface area contributed by atoms with Crippen LogP contribution in [0.5, 0.6) is 11.5 Å². The highest BCUT2D eigenvalue weighted by Crippen LogP contribution is 2.43. The summed E-state index contributed by atoms with van der Waals surface area (Å²) >= 11 is 6.13. The third kappa shape index (κ3) is 2.22. The van der Waals surface area contributed by atoms with Gasteiger partial charge in [-0.3, -0.25) is 0 Å². The topological polar surface area (TPSA) is 30.5 Å². The van der Waals surface area contributed by atoms with Gasteiger partial charge in [0.05, 0.1) is 14.2 Å². The van der Waals surface area contributed by atoms with Crippen molar-refractivity contribution in [3.63, 3.8) is 0 Å². The lowest BCUT2D eigenvalue weighted by Gasteiger charge is -2.28. The molecular weight excluding hydrogens is 238 g/mol. The molecule has 3 nitrogen and oxygen atoms in total. The molecule has 1 aromatic rings. The van der Waals surface area contributed by atoms with Gasteiger partial charge in [0, 0.05) is 22.2 Å². The van der Waals surface area contributed by atoms with Crippen LogP contribution in [0.3, 0.4) is 0 Å². The summed E-state index contributed by atoms with van der Waals surface area (Å²) in [6.07, 6.45) is 2.24. The van der Waals surface area contributed by atoms with Crippen LogP contribution in [0.2, 0.25) is 5.02 Å². The average Bonchev–Trinajstić information content (AvgIpc) is 2.76. The summed E-state index contributed by atoms with van der Waals surface area (Å²) in [5.41, 5.74) is 0.991. The number of hydrogen-bond acceptors (Lipinski definition) is 3. The smallest absolute Gasteiger partial charge is 0.165 e. The van der Waals surface area contributed by atoms with Crippen LogP contribution in [0.15, 0.2) is 12.1 Å². The summed E-state index contributed by atoms with van der Waals surface area (Å²) in [4.78, 5) is 0. The molecule has 1 aliphatic rings. The Bertz CT molecular complexity index is 414. The Hall–Kier alpha value is -0.930. The van der Waals surface area contributed by atoms with Crippen molar-refractivity contribution in [2.75, 3.05) is 20.8 Å². The van der Waals surface area contributed by atoms with Crippen molar-refractivity contribution in [1.82, 2.24) is 5.32 Å². The maximum Gasteiger partial charge on any atom is 0.165 e. The quantitative estimate of drug-likeness (QED) is 0.901. The average molecular weight is 256 g/mol. The van der Waals surface area contributed by atoms with Crippen LogP contribution >= 0.6 is 11.6 Å². The van der Waals surface area contributed by atoms with Gasteiger partial charge in [0.1, 0.15) is 0 Å². The monoisotopic (exact) mass is 255 g/mol. The molecule has 1 N–H and O–H groups in total. The molecule has 2 rings (SSSR count). The lowest BCUT2D eigenvalue weighted by Crippen LogP contribution is -2.33. The Morgan fingerprint density at radius 2 is 2.06 bits per heavy atom. The van der Waals surface area contributed by atoms with Crippen molar-refractivity contribution < 1.29 is 9.47 Å². The van der Waals surface area contributed by atoms with Gasteiger partial charge >= 0.3 is 0 Å². The van der Waals surface area contributed by atoms with Gasteiger partial charge in [-0.2, -0.15) is 0 Å². The number of hydrogen-bond donors (Lipinski definition) is 1. The molecule has 0 aromatic heterocycles. The Labute approximate surface area is 107 Å². The lowest BCUT2D eigenvalue weighted by atomic mass is 9.89. The molecule has 1 fully saturated rings. The molecule has 17 heavy (non-hydrogen) atoms. The minimum absolute atomic E-state index is 0.0798. The van der Waals surface area contributed by atoms with E-state index < -0.39 is 0 Å². The zero-order valence-electron chi connectivity index (χ0n) is 10.5. The number of nitrogens with one attached hydrogen (secondary N) is 1. The number of benzene rings is 1. The fraction of sp³-hybridized carbons (Fsp3) is 0.538. The number of ether oxygens (including phenoxy) is 2. The number of methoxy groups -OCH3 is 2. The van der Waals surface area contributed by atoms with E-state index in [9.17, 15) is 0 Å². The summed E-state index contributed by atoms with van der Waals surface area (Å²) in [6.45, 7) is 3.20. The summed E-state index contributed by atoms with van der Waals surface area (Å²) in [5, 5.41) is 4.18. The second-order valence-electron chi connectivity index (χ2n) is 4.55. The molecule has 0 bridgehead atoms. The fourth-order valence-electron chi connectivity index (χ4n) is 2.47. The molecule has 1 saturated heterocycles. The van der Waals surface area contributed by atoms with E-state index in [1.54, 1.807) is 20.3 Å². The number of halogens is 1. The summed E-state index contributed by atoms with van der Waals surface area (Å²) in [7, 11) is 3.29. The van der Waals surface area contributed by atoms with Gasteiger partial charge in [0.2, 0.25) is 0 Å². The molecule has 1 aromatic carbocycles. The van der Waals surface area contributed by atoms with Crippen LogP contribution < -0.4 is 14.8 Å². The van der Waals surface area contributed by atoms with Crippen molar-refractivity contribution in [2.24, 2.45) is 0 Å². The zero-order valence-corrected chi connectivity index (χ0v) is 11.2. The molecule has 1 aliphatic heterocycles. The van der Waals surface area contributed by atoms with Gasteiger partial charge in [-0.05, 0) is 32.4 Å². The van der Waals surface area contributed by atoms with Gasteiger partial charge in [-0.25, -0.2) is 0 Å². The minimum atomic E-state index is -0.0798. The minimum Gasteiger partial charge on any atom is -0.493 e. The fourth-order valence-corrected chi connectivity index (χ4v) is 2.67. The van der Waals surface area contributed by atoms with Crippen LogP contribution in [-0.2, 0) is 5.54 Å². The normalized spacial score (nSPS) is 23.8. The molecule has 1 unspecified atom stereocenters. The van der Waals surface area contributed by atoms with Crippen molar-refractivity contribution in [3.05, 3.63) is 22.7 Å². The van der Waals surface area contributed by atoms with E-state index in [1.807, 2.05) is 6.07 Å². The van der Waals surface area contributed by atoms with Gasteiger partial charge in [-0.1, -0.05) is 11.6 Å². The van der Waals surface area contributed by atoms with E-state index in [4.69, 9.17) is 21.1 Å². The first-order valence-corrected chi connectivity index (χ1v) is 6.15. The largest absolute Gasteiger partial charge is 0.493 e. The van der Waals surface area contributed by atoms with E-state index in [-0.39, 0.29) is 5.54 Å². The molecule has 94 valence electrons. The van der Waals surface area contributed by atoms with E-state index >= 15 is 0 Å². The van der Waals surface area contributed by atoms with Gasteiger partial charge in [-0.15, -0.1) is 0 Å². The van der Waals surface area contributed by atoms with Crippen molar-refractivity contribution >= 4 is 11.6 Å². The third-order valence-electron chi connectivity index (χ3n) is 3.41. The highest BCUT2D eigenvalue weighted by Gasteiger charge is 2.34. The highest BCUT2D eigenvalue weighted by molar-refractivity contribution is 6.30. The lowest BCUT2D eigenvalue weighted by molar-refractivity contribution is 0.334. The molecule has 0 amide bonds. The van der Waals surface area contributed by atoms with E-state index in [0.717, 1.165) is 30.7 Å². The molecule has 0 saturated carbocycles. The van der Waals surface area contributed by atoms with Crippen LogP contribution in [0.1, 0.15) is 25.3 Å². The molecule has 0 spiro atoms. The number of rotatable bonds is 3. The molecular formula is C13H18ClNO2. The van der Waals surface area contributed by atoms with Crippen LogP contribution in [0.25, 0.3) is 0 Å². The first-order chi connectivity index (χ1) is 8.10. The summed E-state index contributed by atoms with van der Waals surface area (Å²) in [6, 6.07) is 3.74. The van der Waals surface area contributed by atoms with E-state index in [0.29, 0.717) is 10.8 Å². The van der Waals surface area contributed by atoms with E-state index in [2.05, 4.69) is 12.2 Å². The predicted molar refractivity (Wildman–Crippen MR) is 69.1 cm³/mol. The molecule has 0 aliphatic carbocycles. The summed E-state index contributed by atoms with van der Waals surface area (Å²) < 4.78 is 10.8. The first kappa shape index (κ1) is 12.5. The second kappa shape index (κ2) is 4.75. The predicted octanol–water partition coefficient (Wildman–Crippen LogP) is 2.96. The molecule has 4 heteroatoms. The van der Waals surface area contributed by atoms with Gasteiger partial charge < -0.3 is 14.8 Å². The SMILES string of the molecule is COc1cc(Cl)cc(C2(C)CCCN2)c1OC. The van der Waals surface area contributed by atoms with Gasteiger partial charge in [0.15, 0.2) is 11.5 Å². The maximum atomic E-state index is 6.13. The maximum absolute atomic E-state index is 6.13. The standard InChI is InChI=1S/C13H18ClNO2/c1-13(5-4-6-15-13)10-7-9(14)8-11(16-2)12(10)17-3/h7-8,15H,4-6H2,1-3H3. The Morgan fingerprint density at radius 3 is 2.59 bits per heavy atom.